The second-order valence-corrected chi connectivity index (χ2v) is 8.71. The third-order valence-electron chi connectivity index (χ3n) is 6.17. The van der Waals surface area contributed by atoms with Gasteiger partial charge in [0.15, 0.2) is 0 Å². The Bertz CT molecular complexity index is 1030. The first-order valence-corrected chi connectivity index (χ1v) is 11.5. The summed E-state index contributed by atoms with van der Waals surface area (Å²) in [6.07, 6.45) is 0.546. The molecule has 2 N–H and O–H groups in total. The summed E-state index contributed by atoms with van der Waals surface area (Å²) in [5, 5.41) is 5.06. The normalized spacial score (nSPS) is 23.1. The van der Waals surface area contributed by atoms with E-state index in [0.29, 0.717) is 23.7 Å². The van der Waals surface area contributed by atoms with E-state index in [1.54, 1.807) is 24.3 Å². The van der Waals surface area contributed by atoms with Gasteiger partial charge in [0.1, 0.15) is 12.6 Å². The van der Waals surface area contributed by atoms with Crippen LogP contribution in [0.1, 0.15) is 19.4 Å². The molecule has 9 heteroatoms. The number of anilines is 1. The number of urea groups is 1. The molecule has 0 bridgehead atoms. The third kappa shape index (κ3) is 4.73. The molecule has 33 heavy (non-hydrogen) atoms. The number of likely N-dealkylation sites (N-methyl/N-ethyl adjacent to an activating group) is 1. The zero-order valence-corrected chi connectivity index (χ0v) is 19.5. The van der Waals surface area contributed by atoms with Crippen LogP contribution in [0.15, 0.2) is 54.6 Å². The van der Waals surface area contributed by atoms with E-state index in [0.717, 1.165) is 5.56 Å². The quantitative estimate of drug-likeness (QED) is 0.651. The number of imide groups is 1. The first kappa shape index (κ1) is 23.2. The van der Waals surface area contributed by atoms with Crippen molar-refractivity contribution in [1.29, 1.82) is 0 Å². The Labute approximate surface area is 198 Å². The van der Waals surface area contributed by atoms with Crippen LogP contribution in [-0.4, -0.2) is 70.4 Å². The Morgan fingerprint density at radius 3 is 2.48 bits per heavy atom. The minimum atomic E-state index is -0.549. The number of nitrogens with one attached hydrogen (secondary N) is 2. The molecule has 4 rings (SSSR count). The van der Waals surface area contributed by atoms with Crippen LogP contribution in [0.25, 0.3) is 0 Å². The highest BCUT2D eigenvalue weighted by atomic mass is 35.5. The number of halogens is 1. The van der Waals surface area contributed by atoms with Crippen LogP contribution in [0.5, 0.6) is 0 Å². The molecule has 0 aromatic heterocycles. The van der Waals surface area contributed by atoms with Gasteiger partial charge in [-0.2, -0.15) is 0 Å². The fourth-order valence-electron chi connectivity index (χ4n) is 4.59. The van der Waals surface area contributed by atoms with Crippen LogP contribution in [0.3, 0.4) is 0 Å². The maximum Gasteiger partial charge on any atom is 0.327 e. The molecular weight excluding hydrogens is 442 g/mol. The van der Waals surface area contributed by atoms with E-state index in [2.05, 4.69) is 10.7 Å². The van der Waals surface area contributed by atoms with Gasteiger partial charge < -0.3 is 10.2 Å². The van der Waals surface area contributed by atoms with E-state index in [1.807, 2.05) is 49.2 Å². The van der Waals surface area contributed by atoms with Crippen molar-refractivity contribution in [2.75, 3.05) is 25.0 Å². The van der Waals surface area contributed by atoms with E-state index in [1.165, 1.54) is 9.80 Å². The van der Waals surface area contributed by atoms with Crippen LogP contribution < -0.4 is 10.7 Å². The Kier molecular flexibility index (Phi) is 6.97. The molecule has 2 fully saturated rings. The molecule has 2 aromatic carbocycles. The van der Waals surface area contributed by atoms with Crippen LogP contribution in [0.2, 0.25) is 5.02 Å². The van der Waals surface area contributed by atoms with Crippen molar-refractivity contribution in [2.45, 2.75) is 38.4 Å². The number of nitrogens with zero attached hydrogens (tertiary/aromatic N) is 3. The Morgan fingerprint density at radius 1 is 1.09 bits per heavy atom. The molecule has 0 aliphatic carbocycles. The van der Waals surface area contributed by atoms with E-state index >= 15 is 0 Å². The van der Waals surface area contributed by atoms with Crippen molar-refractivity contribution < 1.29 is 14.4 Å². The molecular formula is C24H28ClN5O3. The summed E-state index contributed by atoms with van der Waals surface area (Å²) in [6, 6.07) is 15.0. The van der Waals surface area contributed by atoms with Gasteiger partial charge in [0.05, 0.1) is 16.8 Å². The molecule has 3 unspecified atom stereocenters. The first-order chi connectivity index (χ1) is 15.9. The Balaban J connectivity index is 1.56. The summed E-state index contributed by atoms with van der Waals surface area (Å²) in [4.78, 5) is 42.6. The lowest BCUT2D eigenvalue weighted by molar-refractivity contribution is -0.139. The number of carbonyl (C=O) groups is 3. The summed E-state index contributed by atoms with van der Waals surface area (Å²) >= 11 is 6.17. The van der Waals surface area contributed by atoms with Crippen LogP contribution in [0, 0.1) is 0 Å². The highest BCUT2D eigenvalue weighted by Gasteiger charge is 2.54. The largest absolute Gasteiger partial charge is 0.327 e. The second kappa shape index (κ2) is 9.91. The molecule has 0 radical (unpaired) electrons. The molecule has 4 amide bonds. The van der Waals surface area contributed by atoms with Gasteiger partial charge in [-0.05, 0) is 31.0 Å². The van der Waals surface area contributed by atoms with Gasteiger partial charge in [-0.15, -0.1) is 0 Å². The minimum absolute atomic E-state index is 0.174. The Hall–Kier alpha value is -2.94. The lowest BCUT2D eigenvalue weighted by Gasteiger charge is -2.43. The number of rotatable bonds is 7. The summed E-state index contributed by atoms with van der Waals surface area (Å²) in [6.45, 7) is 4.54. The standard InChI is InChI=1S/C24H28ClN5O3/c1-3-30-22-21(16(2)27-30)29(15-20(31)26-19-12-8-7-11-18(19)25)24(33)28(23(22)32)14-13-17-9-5-4-6-10-17/h4-12,16,21-22,27H,3,13-15H2,1-2H3,(H,26,31). The maximum absolute atomic E-state index is 13.5. The monoisotopic (exact) mass is 469 g/mol. The zero-order valence-electron chi connectivity index (χ0n) is 18.7. The lowest BCUT2D eigenvalue weighted by atomic mass is 9.97. The minimum Gasteiger partial charge on any atom is -0.323 e. The SMILES string of the molecule is CCN1NC(C)C2C1C(=O)N(CCc1ccccc1)C(=O)N2CC(=O)Nc1ccccc1Cl. The summed E-state index contributed by atoms with van der Waals surface area (Å²) in [5.41, 5.74) is 4.81. The summed E-state index contributed by atoms with van der Waals surface area (Å²) in [7, 11) is 0. The maximum atomic E-state index is 13.5. The molecule has 0 spiro atoms. The van der Waals surface area contributed by atoms with Crippen molar-refractivity contribution in [1.82, 2.24) is 20.2 Å². The van der Waals surface area contributed by atoms with Crippen molar-refractivity contribution in [3.05, 3.63) is 65.2 Å². The zero-order chi connectivity index (χ0) is 23.5. The van der Waals surface area contributed by atoms with E-state index in [9.17, 15) is 14.4 Å². The van der Waals surface area contributed by atoms with E-state index < -0.39 is 18.1 Å². The first-order valence-electron chi connectivity index (χ1n) is 11.1. The molecule has 2 saturated heterocycles. The third-order valence-corrected chi connectivity index (χ3v) is 6.50. The topological polar surface area (TPSA) is 85.0 Å². The van der Waals surface area contributed by atoms with Gasteiger partial charge in [-0.25, -0.2) is 15.2 Å². The number of para-hydroxylation sites is 1. The molecule has 2 heterocycles. The number of benzene rings is 2. The van der Waals surface area contributed by atoms with E-state index in [4.69, 9.17) is 11.6 Å². The molecule has 174 valence electrons. The second-order valence-electron chi connectivity index (χ2n) is 8.30. The van der Waals surface area contributed by atoms with Gasteiger partial charge >= 0.3 is 6.03 Å². The molecule has 8 nitrogen and oxygen atoms in total. The highest BCUT2D eigenvalue weighted by Crippen LogP contribution is 2.29. The molecule has 2 aliphatic heterocycles. The predicted octanol–water partition coefficient (Wildman–Crippen LogP) is 2.75. The molecule has 3 atom stereocenters. The van der Waals surface area contributed by atoms with Crippen LogP contribution in [-0.2, 0) is 16.0 Å². The molecule has 2 aromatic rings. The van der Waals surface area contributed by atoms with Gasteiger partial charge in [-0.3, -0.25) is 14.5 Å². The van der Waals surface area contributed by atoms with Gasteiger partial charge in [0.2, 0.25) is 5.91 Å². The van der Waals surface area contributed by atoms with Crippen molar-refractivity contribution in [2.24, 2.45) is 0 Å². The smallest absolute Gasteiger partial charge is 0.323 e. The average molecular weight is 470 g/mol. The van der Waals surface area contributed by atoms with Crippen LogP contribution in [0.4, 0.5) is 10.5 Å². The number of amides is 4. The van der Waals surface area contributed by atoms with Crippen molar-refractivity contribution in [3.63, 3.8) is 0 Å². The summed E-state index contributed by atoms with van der Waals surface area (Å²) in [5.74, 6) is -0.600. The highest BCUT2D eigenvalue weighted by molar-refractivity contribution is 6.33. The van der Waals surface area contributed by atoms with Crippen molar-refractivity contribution in [3.8, 4) is 0 Å². The fraction of sp³-hybridized carbons (Fsp3) is 0.375. The summed E-state index contributed by atoms with van der Waals surface area (Å²) < 4.78 is 0. The Morgan fingerprint density at radius 2 is 1.79 bits per heavy atom. The number of fused-ring (bicyclic) bond motifs is 1. The number of hydrogen-bond donors (Lipinski definition) is 2. The lowest BCUT2D eigenvalue weighted by Crippen LogP contribution is -2.67. The van der Waals surface area contributed by atoms with Gasteiger partial charge in [0.25, 0.3) is 5.91 Å². The van der Waals surface area contributed by atoms with Gasteiger partial charge in [-0.1, -0.05) is 61.0 Å². The van der Waals surface area contributed by atoms with Gasteiger partial charge in [0, 0.05) is 19.1 Å². The van der Waals surface area contributed by atoms with E-state index in [-0.39, 0.29) is 30.9 Å². The van der Waals surface area contributed by atoms with Crippen molar-refractivity contribution >= 4 is 35.1 Å². The molecule has 2 aliphatic rings. The molecule has 0 saturated carbocycles. The number of hydrogen-bond acceptors (Lipinski definition) is 5. The average Bonchev–Trinajstić information content (AvgIpc) is 3.15. The fourth-order valence-corrected chi connectivity index (χ4v) is 4.77. The number of carbonyl (C=O) groups excluding carboxylic acids is 3. The predicted molar refractivity (Wildman–Crippen MR) is 127 cm³/mol. The van der Waals surface area contributed by atoms with Crippen LogP contribution >= 0.6 is 11.6 Å². The number of hydrazine groups is 1.